The molecule has 4 rings (SSSR count). The van der Waals surface area contributed by atoms with Gasteiger partial charge in [0.05, 0.1) is 15.1 Å². The summed E-state index contributed by atoms with van der Waals surface area (Å²) in [6.07, 6.45) is 1.16. The average molecular weight is 360 g/mol. The lowest BCUT2D eigenvalue weighted by Crippen LogP contribution is -2.12. The van der Waals surface area contributed by atoms with Gasteiger partial charge in [0, 0.05) is 6.26 Å². The molecule has 0 N–H and O–H groups in total. The molecule has 0 aliphatic rings. The first-order valence-corrected chi connectivity index (χ1v) is 9.75. The van der Waals surface area contributed by atoms with Crippen LogP contribution < -0.4 is 4.84 Å². The number of benzene rings is 2. The Kier molecular flexibility index (Phi) is 3.47. The minimum Gasteiger partial charge on any atom is -0.388 e. The summed E-state index contributed by atoms with van der Waals surface area (Å²) >= 11 is 1.54. The highest BCUT2D eigenvalue weighted by Crippen LogP contribution is 2.22. The van der Waals surface area contributed by atoms with E-state index in [-0.39, 0.29) is 11.5 Å². The number of hydrogen-bond donors (Lipinski definition) is 0. The van der Waals surface area contributed by atoms with E-state index in [1.807, 2.05) is 24.3 Å². The summed E-state index contributed by atoms with van der Waals surface area (Å²) in [5.74, 6) is 0. The third-order valence-electron chi connectivity index (χ3n) is 3.46. The molecule has 7 nitrogen and oxygen atoms in total. The van der Waals surface area contributed by atoms with Crippen molar-refractivity contribution >= 4 is 42.4 Å². The van der Waals surface area contributed by atoms with Crippen LogP contribution in [0.15, 0.2) is 47.4 Å². The maximum absolute atomic E-state index is 11.7. The van der Waals surface area contributed by atoms with Gasteiger partial charge in [0.2, 0.25) is 0 Å². The molecule has 0 bridgehead atoms. The van der Waals surface area contributed by atoms with Crippen molar-refractivity contribution < 1.29 is 13.3 Å². The molecule has 0 spiro atoms. The third kappa shape index (κ3) is 2.72. The van der Waals surface area contributed by atoms with Crippen molar-refractivity contribution in [3.8, 4) is 0 Å². The van der Waals surface area contributed by atoms with E-state index in [1.54, 1.807) is 6.07 Å². The Morgan fingerprint density at radius 1 is 1.17 bits per heavy atom. The lowest BCUT2D eigenvalue weighted by molar-refractivity contribution is 0.0751. The fourth-order valence-corrected chi connectivity index (χ4v) is 3.82. The summed E-state index contributed by atoms with van der Waals surface area (Å²) in [4.78, 5) is 11.6. The molecule has 0 fully saturated rings. The molecule has 0 saturated carbocycles. The molecule has 24 heavy (non-hydrogen) atoms. The van der Waals surface area contributed by atoms with Crippen LogP contribution in [0.3, 0.4) is 0 Å². The SMILES string of the molecule is CS(=O)(=O)c1ccc2nnn(OCc3nc4ccccc4s3)c2c1. The van der Waals surface area contributed by atoms with Crippen molar-refractivity contribution in [1.82, 2.24) is 20.1 Å². The standard InChI is InChI=1S/C15H12N4O3S2/c1-24(20,21)10-6-7-11-13(8-10)19(18-17-11)22-9-15-16-12-4-2-3-5-14(12)23-15/h2-8H,9H2,1H3. The molecule has 2 heterocycles. The lowest BCUT2D eigenvalue weighted by atomic mass is 10.3. The fraction of sp³-hybridized carbons (Fsp3) is 0.133. The number of nitrogens with zero attached hydrogens (tertiary/aromatic N) is 4. The molecule has 0 unspecified atom stereocenters. The summed E-state index contributed by atoms with van der Waals surface area (Å²) < 4.78 is 24.5. The fourth-order valence-electron chi connectivity index (χ4n) is 2.30. The summed E-state index contributed by atoms with van der Waals surface area (Å²) in [7, 11) is -3.31. The predicted octanol–water partition coefficient (Wildman–Crippen LogP) is 2.07. The summed E-state index contributed by atoms with van der Waals surface area (Å²) in [5, 5.41) is 8.69. The number of sulfone groups is 1. The minimum absolute atomic E-state index is 0.196. The molecule has 4 aromatic rings. The Morgan fingerprint density at radius 3 is 2.79 bits per heavy atom. The van der Waals surface area contributed by atoms with E-state index in [1.165, 1.54) is 28.3 Å². The van der Waals surface area contributed by atoms with Crippen molar-refractivity contribution in [2.24, 2.45) is 0 Å². The zero-order chi connectivity index (χ0) is 16.7. The van der Waals surface area contributed by atoms with E-state index in [4.69, 9.17) is 4.84 Å². The summed E-state index contributed by atoms with van der Waals surface area (Å²) in [6.45, 7) is 0.223. The number of fused-ring (bicyclic) bond motifs is 2. The van der Waals surface area contributed by atoms with Crippen LogP contribution in [0.1, 0.15) is 5.01 Å². The van der Waals surface area contributed by atoms with Crippen LogP contribution in [0.5, 0.6) is 0 Å². The van der Waals surface area contributed by atoms with E-state index >= 15 is 0 Å². The van der Waals surface area contributed by atoms with Crippen LogP contribution in [-0.4, -0.2) is 34.8 Å². The predicted molar refractivity (Wildman–Crippen MR) is 90.5 cm³/mol. The normalized spacial score (nSPS) is 12.0. The molecular formula is C15H12N4O3S2. The Morgan fingerprint density at radius 2 is 2.00 bits per heavy atom. The van der Waals surface area contributed by atoms with Gasteiger partial charge in [-0.3, -0.25) is 0 Å². The number of thiazole rings is 1. The van der Waals surface area contributed by atoms with Crippen molar-refractivity contribution in [3.63, 3.8) is 0 Å². The van der Waals surface area contributed by atoms with Crippen LogP contribution in [-0.2, 0) is 16.4 Å². The second-order valence-corrected chi connectivity index (χ2v) is 8.36. The molecule has 0 atom stereocenters. The van der Waals surface area contributed by atoms with Crippen molar-refractivity contribution in [2.45, 2.75) is 11.5 Å². The van der Waals surface area contributed by atoms with Gasteiger partial charge in [-0.25, -0.2) is 13.4 Å². The molecule has 0 amide bonds. The molecule has 2 aromatic carbocycles. The number of aromatic nitrogens is 4. The van der Waals surface area contributed by atoms with Gasteiger partial charge in [0.25, 0.3) is 0 Å². The van der Waals surface area contributed by atoms with Crippen LogP contribution in [0.2, 0.25) is 0 Å². The molecule has 0 aliphatic heterocycles. The van der Waals surface area contributed by atoms with Crippen LogP contribution in [0.25, 0.3) is 21.3 Å². The molecule has 0 aliphatic carbocycles. The van der Waals surface area contributed by atoms with Gasteiger partial charge in [0.15, 0.2) is 16.4 Å². The molecule has 122 valence electrons. The maximum atomic E-state index is 11.7. The van der Waals surface area contributed by atoms with Gasteiger partial charge < -0.3 is 4.84 Å². The van der Waals surface area contributed by atoms with E-state index < -0.39 is 9.84 Å². The summed E-state index contributed by atoms with van der Waals surface area (Å²) in [5.41, 5.74) is 1.98. The lowest BCUT2D eigenvalue weighted by Gasteiger charge is -2.04. The topological polar surface area (TPSA) is 87.0 Å². The number of rotatable bonds is 4. The second-order valence-electron chi connectivity index (χ2n) is 5.23. The molecular weight excluding hydrogens is 348 g/mol. The van der Waals surface area contributed by atoms with Gasteiger partial charge in [-0.2, -0.15) is 0 Å². The zero-order valence-electron chi connectivity index (χ0n) is 12.6. The number of hydrogen-bond acceptors (Lipinski definition) is 7. The van der Waals surface area contributed by atoms with Gasteiger partial charge in [-0.15, -0.1) is 16.4 Å². The molecule has 2 aromatic heterocycles. The minimum atomic E-state index is -3.31. The average Bonchev–Trinajstić information content (AvgIpc) is 3.15. The van der Waals surface area contributed by atoms with Crippen LogP contribution in [0, 0.1) is 0 Å². The molecule has 0 radical (unpaired) electrons. The highest BCUT2D eigenvalue weighted by atomic mass is 32.2. The van der Waals surface area contributed by atoms with Crippen molar-refractivity contribution in [1.29, 1.82) is 0 Å². The first-order chi connectivity index (χ1) is 11.5. The highest BCUT2D eigenvalue weighted by molar-refractivity contribution is 7.90. The quantitative estimate of drug-likeness (QED) is 0.554. The summed E-state index contributed by atoms with van der Waals surface area (Å²) in [6, 6.07) is 12.5. The van der Waals surface area contributed by atoms with Crippen molar-refractivity contribution in [3.05, 3.63) is 47.5 Å². The first kappa shape index (κ1) is 15.0. The van der Waals surface area contributed by atoms with E-state index in [2.05, 4.69) is 15.3 Å². The van der Waals surface area contributed by atoms with E-state index in [0.29, 0.717) is 11.0 Å². The maximum Gasteiger partial charge on any atom is 0.175 e. The van der Waals surface area contributed by atoms with E-state index in [9.17, 15) is 8.42 Å². The highest BCUT2D eigenvalue weighted by Gasteiger charge is 2.13. The van der Waals surface area contributed by atoms with Crippen molar-refractivity contribution in [2.75, 3.05) is 6.26 Å². The largest absolute Gasteiger partial charge is 0.388 e. The third-order valence-corrected chi connectivity index (χ3v) is 5.58. The molecule has 9 heteroatoms. The van der Waals surface area contributed by atoms with E-state index in [0.717, 1.165) is 21.5 Å². The van der Waals surface area contributed by atoms with Gasteiger partial charge in [-0.05, 0) is 35.5 Å². The smallest absolute Gasteiger partial charge is 0.175 e. The Bertz CT molecular complexity index is 1110. The van der Waals surface area contributed by atoms with Gasteiger partial charge >= 0.3 is 0 Å². The Hall–Kier alpha value is -2.52. The first-order valence-electron chi connectivity index (χ1n) is 7.04. The monoisotopic (exact) mass is 360 g/mol. The number of para-hydroxylation sites is 1. The van der Waals surface area contributed by atoms with Crippen LogP contribution in [0.4, 0.5) is 0 Å². The van der Waals surface area contributed by atoms with Crippen LogP contribution >= 0.6 is 11.3 Å². The second kappa shape index (κ2) is 5.53. The Balaban J connectivity index is 1.64. The zero-order valence-corrected chi connectivity index (χ0v) is 14.2. The molecule has 0 saturated heterocycles. The Labute approximate surface area is 141 Å². The van der Waals surface area contributed by atoms with Gasteiger partial charge in [0.1, 0.15) is 16.0 Å². The van der Waals surface area contributed by atoms with Gasteiger partial charge in [-0.1, -0.05) is 17.0 Å².